The SMILES string of the molecule is C1=Cc2cccnc2N(c2cccc(Oc3cccc(Oc4ccccn4)c3)c2)c2ccccc21. The van der Waals surface area contributed by atoms with Gasteiger partial charge in [-0.3, -0.25) is 4.90 Å². The summed E-state index contributed by atoms with van der Waals surface area (Å²) in [7, 11) is 0. The quantitative estimate of drug-likeness (QED) is 0.263. The van der Waals surface area contributed by atoms with E-state index in [1.54, 1.807) is 6.20 Å². The van der Waals surface area contributed by atoms with E-state index in [4.69, 9.17) is 14.5 Å². The molecule has 35 heavy (non-hydrogen) atoms. The van der Waals surface area contributed by atoms with Crippen molar-refractivity contribution in [2.45, 2.75) is 0 Å². The molecular weight excluding hydrogens is 434 g/mol. The van der Waals surface area contributed by atoms with E-state index in [1.165, 1.54) is 0 Å². The normalized spacial score (nSPS) is 11.8. The molecule has 0 spiro atoms. The van der Waals surface area contributed by atoms with Crippen molar-refractivity contribution in [1.82, 2.24) is 9.97 Å². The Morgan fingerprint density at radius 1 is 0.543 bits per heavy atom. The zero-order valence-electron chi connectivity index (χ0n) is 18.8. The smallest absolute Gasteiger partial charge is 0.219 e. The molecule has 0 unspecified atom stereocenters. The highest BCUT2D eigenvalue weighted by molar-refractivity contribution is 5.91. The lowest BCUT2D eigenvalue weighted by atomic mass is 10.1. The van der Waals surface area contributed by atoms with Crippen LogP contribution in [0.15, 0.2) is 116 Å². The Labute approximate surface area is 203 Å². The van der Waals surface area contributed by atoms with E-state index in [1.807, 2.05) is 85.1 Å². The molecule has 3 heterocycles. The average molecular weight is 456 g/mol. The highest BCUT2D eigenvalue weighted by Gasteiger charge is 2.21. The summed E-state index contributed by atoms with van der Waals surface area (Å²) in [5.41, 5.74) is 4.19. The summed E-state index contributed by atoms with van der Waals surface area (Å²) >= 11 is 0. The maximum absolute atomic E-state index is 6.23. The van der Waals surface area contributed by atoms with Crippen LogP contribution in [0.5, 0.6) is 23.1 Å². The van der Waals surface area contributed by atoms with Gasteiger partial charge in [0.1, 0.15) is 23.1 Å². The number of rotatable bonds is 5. The lowest BCUT2D eigenvalue weighted by molar-refractivity contribution is 0.449. The van der Waals surface area contributed by atoms with Crippen molar-refractivity contribution in [3.05, 3.63) is 127 Å². The van der Waals surface area contributed by atoms with Gasteiger partial charge in [0.15, 0.2) is 0 Å². The van der Waals surface area contributed by atoms with Gasteiger partial charge in [-0.25, -0.2) is 9.97 Å². The van der Waals surface area contributed by atoms with E-state index < -0.39 is 0 Å². The molecule has 2 aromatic heterocycles. The third-order valence-corrected chi connectivity index (χ3v) is 5.63. The highest BCUT2D eigenvalue weighted by atomic mass is 16.5. The number of aromatic nitrogens is 2. The van der Waals surface area contributed by atoms with Gasteiger partial charge < -0.3 is 9.47 Å². The lowest BCUT2D eigenvalue weighted by Gasteiger charge is -2.26. The minimum atomic E-state index is 0.534. The number of hydrogen-bond acceptors (Lipinski definition) is 5. The number of para-hydroxylation sites is 1. The van der Waals surface area contributed by atoms with Crippen LogP contribution in [0.1, 0.15) is 11.1 Å². The lowest BCUT2D eigenvalue weighted by Crippen LogP contribution is -2.13. The van der Waals surface area contributed by atoms with Crippen molar-refractivity contribution < 1.29 is 9.47 Å². The first-order valence-corrected chi connectivity index (χ1v) is 11.3. The van der Waals surface area contributed by atoms with Gasteiger partial charge in [-0.15, -0.1) is 0 Å². The number of fused-ring (bicyclic) bond motifs is 2. The molecule has 0 amide bonds. The Bertz CT molecular complexity index is 1470. The van der Waals surface area contributed by atoms with Crippen LogP contribution >= 0.6 is 0 Å². The summed E-state index contributed by atoms with van der Waals surface area (Å²) in [5, 5.41) is 0. The van der Waals surface area contributed by atoms with Gasteiger partial charge in [0.05, 0.1) is 11.4 Å². The molecule has 0 saturated carbocycles. The monoisotopic (exact) mass is 455 g/mol. The molecule has 0 bridgehead atoms. The average Bonchev–Trinajstić information content (AvgIpc) is 3.07. The fraction of sp³-hybridized carbons (Fsp3) is 0. The second-order valence-corrected chi connectivity index (χ2v) is 7.99. The molecule has 0 fully saturated rings. The first kappa shape index (κ1) is 20.7. The molecule has 0 radical (unpaired) electrons. The highest BCUT2D eigenvalue weighted by Crippen LogP contribution is 2.41. The Kier molecular flexibility index (Phi) is 5.41. The molecule has 6 rings (SSSR count). The van der Waals surface area contributed by atoms with Crippen molar-refractivity contribution in [3.8, 4) is 23.1 Å². The predicted molar refractivity (Wildman–Crippen MR) is 139 cm³/mol. The van der Waals surface area contributed by atoms with Crippen LogP contribution in [-0.4, -0.2) is 9.97 Å². The summed E-state index contributed by atoms with van der Waals surface area (Å²) < 4.78 is 12.1. The van der Waals surface area contributed by atoms with Gasteiger partial charge in [-0.2, -0.15) is 0 Å². The van der Waals surface area contributed by atoms with E-state index in [2.05, 4.69) is 46.3 Å². The maximum Gasteiger partial charge on any atom is 0.219 e. The maximum atomic E-state index is 6.23. The minimum Gasteiger partial charge on any atom is -0.457 e. The molecule has 1 aliphatic heterocycles. The first-order chi connectivity index (χ1) is 17.3. The fourth-order valence-corrected chi connectivity index (χ4v) is 4.07. The Morgan fingerprint density at radius 2 is 1.26 bits per heavy atom. The number of pyridine rings is 2. The van der Waals surface area contributed by atoms with Crippen LogP contribution in [-0.2, 0) is 0 Å². The van der Waals surface area contributed by atoms with Crippen LogP contribution in [0, 0.1) is 0 Å². The van der Waals surface area contributed by atoms with E-state index in [0.717, 1.165) is 28.3 Å². The second-order valence-electron chi connectivity index (χ2n) is 7.99. The predicted octanol–water partition coefficient (Wildman–Crippen LogP) is 8.01. The summed E-state index contributed by atoms with van der Waals surface area (Å²) in [6.45, 7) is 0. The van der Waals surface area contributed by atoms with Crippen LogP contribution < -0.4 is 14.4 Å². The zero-order chi connectivity index (χ0) is 23.5. The number of hydrogen-bond donors (Lipinski definition) is 0. The molecule has 5 aromatic rings. The van der Waals surface area contributed by atoms with Gasteiger partial charge in [0, 0.05) is 36.2 Å². The van der Waals surface area contributed by atoms with Gasteiger partial charge in [0.25, 0.3) is 0 Å². The molecular formula is C30H21N3O2. The molecule has 168 valence electrons. The third kappa shape index (κ3) is 4.35. The fourth-order valence-electron chi connectivity index (χ4n) is 4.07. The van der Waals surface area contributed by atoms with Crippen molar-refractivity contribution >= 4 is 29.3 Å². The van der Waals surface area contributed by atoms with E-state index in [-0.39, 0.29) is 0 Å². The van der Waals surface area contributed by atoms with E-state index in [0.29, 0.717) is 23.1 Å². The molecule has 0 atom stereocenters. The summed E-state index contributed by atoms with van der Waals surface area (Å²) in [4.78, 5) is 11.1. The topological polar surface area (TPSA) is 47.5 Å². The van der Waals surface area contributed by atoms with Crippen molar-refractivity contribution in [3.63, 3.8) is 0 Å². The molecule has 0 aliphatic carbocycles. The second kappa shape index (κ2) is 9.15. The van der Waals surface area contributed by atoms with Gasteiger partial charge in [-0.05, 0) is 54.1 Å². The molecule has 0 N–H and O–H groups in total. The molecule has 3 aromatic carbocycles. The first-order valence-electron chi connectivity index (χ1n) is 11.3. The summed E-state index contributed by atoms with van der Waals surface area (Å²) in [5.74, 6) is 3.45. The molecule has 5 nitrogen and oxygen atoms in total. The summed E-state index contributed by atoms with van der Waals surface area (Å²) in [6, 6.07) is 33.4. The largest absolute Gasteiger partial charge is 0.457 e. The molecule has 1 aliphatic rings. The number of nitrogens with zero attached hydrogens (tertiary/aromatic N) is 3. The zero-order valence-corrected chi connectivity index (χ0v) is 18.8. The molecule has 0 saturated heterocycles. The van der Waals surface area contributed by atoms with Crippen LogP contribution in [0.3, 0.4) is 0 Å². The number of benzene rings is 3. The van der Waals surface area contributed by atoms with Crippen LogP contribution in [0.2, 0.25) is 0 Å². The van der Waals surface area contributed by atoms with Crippen LogP contribution in [0.4, 0.5) is 17.2 Å². The van der Waals surface area contributed by atoms with Gasteiger partial charge in [0.2, 0.25) is 5.88 Å². The van der Waals surface area contributed by atoms with E-state index in [9.17, 15) is 0 Å². The number of ether oxygens (including phenoxy) is 2. The Hall–Kier alpha value is -4.90. The summed E-state index contributed by atoms with van der Waals surface area (Å²) in [6.07, 6.45) is 7.75. The van der Waals surface area contributed by atoms with Gasteiger partial charge >= 0.3 is 0 Å². The Balaban J connectivity index is 1.33. The number of anilines is 3. The van der Waals surface area contributed by atoms with Crippen molar-refractivity contribution in [2.75, 3.05) is 4.90 Å². The van der Waals surface area contributed by atoms with E-state index >= 15 is 0 Å². The standard InChI is InChI=1S/C30H21N3O2/c1-2-14-28-22(8-1)16-17-23-9-7-19-32-30(23)33(28)24-10-5-11-25(20-24)34-26-12-6-13-27(21-26)35-29-15-3-4-18-31-29/h1-21H. The Morgan fingerprint density at radius 3 is 2.14 bits per heavy atom. The minimum absolute atomic E-state index is 0.534. The van der Waals surface area contributed by atoms with Gasteiger partial charge in [-0.1, -0.05) is 48.6 Å². The van der Waals surface area contributed by atoms with Crippen LogP contribution in [0.25, 0.3) is 12.2 Å². The van der Waals surface area contributed by atoms with Crippen molar-refractivity contribution in [2.24, 2.45) is 0 Å². The molecule has 5 heteroatoms. The third-order valence-electron chi connectivity index (χ3n) is 5.63. The van der Waals surface area contributed by atoms with Crippen molar-refractivity contribution in [1.29, 1.82) is 0 Å².